The molecule has 1 aliphatic rings. The molecular formula is C14H16FNO3. The molecule has 1 saturated carbocycles. The van der Waals surface area contributed by atoms with Crippen LogP contribution in [-0.2, 0) is 14.3 Å². The summed E-state index contributed by atoms with van der Waals surface area (Å²) in [6, 6.07) is 5.97. The first kappa shape index (κ1) is 13.7. The Morgan fingerprint density at radius 3 is 2.68 bits per heavy atom. The van der Waals surface area contributed by atoms with E-state index in [2.05, 4.69) is 5.32 Å². The maximum atomic E-state index is 13.3. The molecule has 0 radical (unpaired) electrons. The van der Waals surface area contributed by atoms with E-state index in [4.69, 9.17) is 4.74 Å². The van der Waals surface area contributed by atoms with Gasteiger partial charge in [0.15, 0.2) is 0 Å². The molecule has 0 saturated heterocycles. The van der Waals surface area contributed by atoms with E-state index < -0.39 is 5.82 Å². The number of halogens is 1. The minimum Gasteiger partial charge on any atom is -0.368 e. The minimum atomic E-state index is -0.473. The highest BCUT2D eigenvalue weighted by Crippen LogP contribution is 2.18. The Bertz CT molecular complexity index is 466. The largest absolute Gasteiger partial charge is 0.368 e. The summed E-state index contributed by atoms with van der Waals surface area (Å²) in [5.41, 5.74) is 0.148. The van der Waals surface area contributed by atoms with Gasteiger partial charge < -0.3 is 10.1 Å². The van der Waals surface area contributed by atoms with Crippen LogP contribution in [0.25, 0.3) is 0 Å². The number of carbonyl (C=O) groups excluding carboxylic acids is 2. The molecule has 0 aliphatic heterocycles. The summed E-state index contributed by atoms with van der Waals surface area (Å²) in [6.07, 6.45) is 2.29. The zero-order valence-corrected chi connectivity index (χ0v) is 10.5. The highest BCUT2D eigenvalue weighted by Gasteiger charge is 2.20. The molecule has 5 heteroatoms. The van der Waals surface area contributed by atoms with E-state index in [9.17, 15) is 14.0 Å². The van der Waals surface area contributed by atoms with Crippen molar-refractivity contribution in [1.29, 1.82) is 0 Å². The van der Waals surface area contributed by atoms with Gasteiger partial charge in [-0.25, -0.2) is 4.39 Å². The third-order valence-electron chi connectivity index (χ3n) is 3.09. The lowest BCUT2D eigenvalue weighted by Crippen LogP contribution is -2.27. The van der Waals surface area contributed by atoms with Crippen LogP contribution in [0.5, 0.6) is 0 Å². The summed E-state index contributed by atoms with van der Waals surface area (Å²) >= 11 is 0. The summed E-state index contributed by atoms with van der Waals surface area (Å²) in [7, 11) is 0. The van der Waals surface area contributed by atoms with Crippen molar-refractivity contribution in [2.24, 2.45) is 0 Å². The number of ether oxygens (including phenoxy) is 1. The number of benzene rings is 1. The Morgan fingerprint density at radius 2 is 2.00 bits per heavy atom. The van der Waals surface area contributed by atoms with Gasteiger partial charge in [0.1, 0.15) is 18.2 Å². The maximum Gasteiger partial charge on any atom is 0.250 e. The smallest absolute Gasteiger partial charge is 0.250 e. The number of ketones is 1. The van der Waals surface area contributed by atoms with Gasteiger partial charge in [-0.2, -0.15) is 0 Å². The summed E-state index contributed by atoms with van der Waals surface area (Å²) in [4.78, 5) is 22.7. The van der Waals surface area contributed by atoms with Crippen LogP contribution >= 0.6 is 0 Å². The average Bonchev–Trinajstić information content (AvgIpc) is 2.41. The minimum absolute atomic E-state index is 0.0518. The van der Waals surface area contributed by atoms with Gasteiger partial charge in [-0.3, -0.25) is 9.59 Å². The van der Waals surface area contributed by atoms with Gasteiger partial charge in [0.25, 0.3) is 0 Å². The molecule has 1 aromatic carbocycles. The van der Waals surface area contributed by atoms with Crippen molar-refractivity contribution in [2.75, 3.05) is 11.9 Å². The van der Waals surface area contributed by atoms with Crippen molar-refractivity contribution < 1.29 is 18.7 Å². The van der Waals surface area contributed by atoms with E-state index in [0.717, 1.165) is 0 Å². The van der Waals surface area contributed by atoms with Crippen molar-refractivity contribution in [3.8, 4) is 0 Å². The summed E-state index contributed by atoms with van der Waals surface area (Å²) in [6.45, 7) is -0.118. The molecule has 2 rings (SSSR count). The monoisotopic (exact) mass is 265 g/mol. The molecule has 0 aromatic heterocycles. The van der Waals surface area contributed by atoms with Crippen molar-refractivity contribution in [2.45, 2.75) is 31.8 Å². The fourth-order valence-electron chi connectivity index (χ4n) is 2.02. The molecule has 1 N–H and O–H groups in total. The number of carbonyl (C=O) groups is 2. The van der Waals surface area contributed by atoms with E-state index in [0.29, 0.717) is 25.7 Å². The molecule has 0 bridgehead atoms. The maximum absolute atomic E-state index is 13.3. The van der Waals surface area contributed by atoms with E-state index in [1.807, 2.05) is 0 Å². The fraction of sp³-hybridized carbons (Fsp3) is 0.429. The molecule has 1 amide bonds. The fourth-order valence-corrected chi connectivity index (χ4v) is 2.02. The normalized spacial score (nSPS) is 16.4. The zero-order chi connectivity index (χ0) is 13.7. The van der Waals surface area contributed by atoms with Crippen LogP contribution in [0.2, 0.25) is 0 Å². The molecule has 4 nitrogen and oxygen atoms in total. The summed E-state index contributed by atoms with van der Waals surface area (Å²) < 4.78 is 18.7. The lowest BCUT2D eigenvalue weighted by molar-refractivity contribution is -0.126. The quantitative estimate of drug-likeness (QED) is 0.908. The van der Waals surface area contributed by atoms with Crippen LogP contribution in [0.4, 0.5) is 10.1 Å². The molecule has 0 heterocycles. The highest BCUT2D eigenvalue weighted by molar-refractivity contribution is 5.91. The molecule has 0 atom stereocenters. The average molecular weight is 265 g/mol. The second kappa shape index (κ2) is 6.43. The molecule has 1 aromatic rings. The van der Waals surface area contributed by atoms with E-state index >= 15 is 0 Å². The number of anilines is 1. The summed E-state index contributed by atoms with van der Waals surface area (Å²) in [5.74, 6) is -0.614. The second-order valence-electron chi connectivity index (χ2n) is 4.58. The van der Waals surface area contributed by atoms with E-state index in [1.165, 1.54) is 12.1 Å². The number of amides is 1. The van der Waals surface area contributed by atoms with E-state index in [1.54, 1.807) is 12.1 Å². The number of hydrogen-bond donors (Lipinski definition) is 1. The Morgan fingerprint density at radius 1 is 1.32 bits per heavy atom. The Labute approximate surface area is 110 Å². The van der Waals surface area contributed by atoms with Gasteiger partial charge in [0.2, 0.25) is 5.91 Å². The highest BCUT2D eigenvalue weighted by atomic mass is 19.1. The second-order valence-corrected chi connectivity index (χ2v) is 4.58. The lowest BCUT2D eigenvalue weighted by atomic mass is 9.96. The Hall–Kier alpha value is -1.75. The summed E-state index contributed by atoms with van der Waals surface area (Å²) in [5, 5.41) is 2.45. The molecule has 0 spiro atoms. The predicted octanol–water partition coefficient (Wildman–Crippen LogP) is 2.29. The number of rotatable bonds is 4. The molecule has 102 valence electrons. The topological polar surface area (TPSA) is 55.4 Å². The van der Waals surface area contributed by atoms with Gasteiger partial charge in [0, 0.05) is 12.8 Å². The van der Waals surface area contributed by atoms with Gasteiger partial charge in [0.05, 0.1) is 11.8 Å². The third-order valence-corrected chi connectivity index (χ3v) is 3.09. The van der Waals surface area contributed by atoms with Gasteiger partial charge in [-0.05, 0) is 25.0 Å². The van der Waals surface area contributed by atoms with Gasteiger partial charge in [-0.1, -0.05) is 12.1 Å². The van der Waals surface area contributed by atoms with Crippen molar-refractivity contribution >= 4 is 17.4 Å². The first-order valence-electron chi connectivity index (χ1n) is 6.33. The van der Waals surface area contributed by atoms with Crippen LogP contribution in [0, 0.1) is 5.82 Å². The lowest BCUT2D eigenvalue weighted by Gasteiger charge is -2.21. The number of Topliss-reactive ketones (excluding diaryl/α,β-unsaturated/α-hetero) is 1. The van der Waals surface area contributed by atoms with Crippen molar-refractivity contribution in [3.63, 3.8) is 0 Å². The standard InChI is InChI=1S/C14H16FNO3/c15-12-3-1-2-4-13(12)16-14(18)9-19-11-7-5-10(17)6-8-11/h1-4,11H,5-9H2,(H,16,18). The number of para-hydroxylation sites is 1. The van der Waals surface area contributed by atoms with Gasteiger partial charge in [-0.15, -0.1) is 0 Å². The van der Waals surface area contributed by atoms with Crippen molar-refractivity contribution in [1.82, 2.24) is 0 Å². The molecule has 19 heavy (non-hydrogen) atoms. The Kier molecular flexibility index (Phi) is 4.63. The number of hydrogen-bond acceptors (Lipinski definition) is 3. The molecule has 0 unspecified atom stereocenters. The third kappa shape index (κ3) is 4.13. The molecule has 1 fully saturated rings. The van der Waals surface area contributed by atoms with Crippen LogP contribution in [0.1, 0.15) is 25.7 Å². The van der Waals surface area contributed by atoms with Gasteiger partial charge >= 0.3 is 0 Å². The van der Waals surface area contributed by atoms with Crippen LogP contribution in [-0.4, -0.2) is 24.4 Å². The SMILES string of the molecule is O=C1CCC(OCC(=O)Nc2ccccc2F)CC1. The van der Waals surface area contributed by atoms with Crippen molar-refractivity contribution in [3.05, 3.63) is 30.1 Å². The predicted molar refractivity (Wildman–Crippen MR) is 68.2 cm³/mol. The molecule has 1 aliphatic carbocycles. The zero-order valence-electron chi connectivity index (χ0n) is 10.5. The van der Waals surface area contributed by atoms with Crippen LogP contribution in [0.3, 0.4) is 0 Å². The molecular weight excluding hydrogens is 249 g/mol. The van der Waals surface area contributed by atoms with Crippen LogP contribution < -0.4 is 5.32 Å². The first-order chi connectivity index (χ1) is 9.15. The first-order valence-corrected chi connectivity index (χ1v) is 6.33. The Balaban J connectivity index is 1.76. The van der Waals surface area contributed by atoms with E-state index in [-0.39, 0.29) is 30.1 Å². The van der Waals surface area contributed by atoms with Crippen LogP contribution in [0.15, 0.2) is 24.3 Å². The number of nitrogens with one attached hydrogen (secondary N) is 1.